The lowest BCUT2D eigenvalue weighted by molar-refractivity contribution is 1.46. The minimum atomic E-state index is 0.718. The molecule has 0 atom stereocenters. The van der Waals surface area contributed by atoms with E-state index in [1.54, 1.807) is 6.20 Å². The number of nitrogens with two attached hydrogens (primary N) is 1. The Balaban J connectivity index is 0.000000222. The van der Waals surface area contributed by atoms with Crippen LogP contribution in [0.3, 0.4) is 0 Å². The molecule has 2 heteroatoms. The zero-order valence-corrected chi connectivity index (χ0v) is 5.39. The topological polar surface area (TPSA) is 38.4 Å². The van der Waals surface area contributed by atoms with Crippen LogP contribution < -0.4 is 5.73 Å². The molecule has 0 fully saturated rings. The Morgan fingerprint density at radius 3 is 2.38 bits per heavy atom. The minimum absolute atomic E-state index is 0.718. The lowest BCUT2D eigenvalue weighted by atomic mass is 10.4. The molecule has 0 radical (unpaired) electrons. The van der Waals surface area contributed by atoms with Crippen LogP contribution in [0.15, 0.2) is 17.3 Å². The normalized spacial score (nSPS) is 14.5. The third kappa shape index (κ3) is 2.39. The van der Waals surface area contributed by atoms with Crippen LogP contribution in [0.5, 0.6) is 0 Å². The van der Waals surface area contributed by atoms with Gasteiger partial charge in [0.05, 0.1) is 0 Å². The summed E-state index contributed by atoms with van der Waals surface area (Å²) in [5, 5.41) is 0. The van der Waals surface area contributed by atoms with E-state index >= 15 is 0 Å². The average molecular weight is 112 g/mol. The molecule has 0 unspecified atom stereocenters. The van der Waals surface area contributed by atoms with E-state index in [0.29, 0.717) is 0 Å². The predicted molar refractivity (Wildman–Crippen MR) is 36.7 cm³/mol. The lowest BCUT2D eigenvalue weighted by Gasteiger charge is -1.78. The van der Waals surface area contributed by atoms with Crippen molar-refractivity contribution in [2.75, 3.05) is 0 Å². The fraction of sp³-hybridized carbons (Fsp3) is 0.500. The van der Waals surface area contributed by atoms with Crippen LogP contribution in [-0.4, -0.2) is 5.84 Å². The van der Waals surface area contributed by atoms with Gasteiger partial charge in [-0.2, -0.15) is 0 Å². The summed E-state index contributed by atoms with van der Waals surface area (Å²) in [6.45, 7) is 4.00. The van der Waals surface area contributed by atoms with Gasteiger partial charge in [-0.25, -0.2) is 4.99 Å². The zero-order chi connectivity index (χ0) is 6.41. The van der Waals surface area contributed by atoms with Crippen molar-refractivity contribution in [3.8, 4) is 0 Å². The standard InChI is InChI=1S/C4H6N2.C2H6/c5-4-2-1-3-6-4;1-2/h1,3H,2H2,(H2,5,6);1-2H3. The predicted octanol–water partition coefficient (Wildman–Crippen LogP) is 1.29. The van der Waals surface area contributed by atoms with Crippen LogP contribution >= 0.6 is 0 Å². The maximum Gasteiger partial charge on any atom is 0.103 e. The van der Waals surface area contributed by atoms with Gasteiger partial charge in [0.1, 0.15) is 5.84 Å². The maximum absolute atomic E-state index is 5.22. The second kappa shape index (κ2) is 4.37. The van der Waals surface area contributed by atoms with Crippen LogP contribution in [0, 0.1) is 0 Å². The molecule has 0 aliphatic carbocycles. The minimum Gasteiger partial charge on any atom is -0.387 e. The Morgan fingerprint density at radius 2 is 2.25 bits per heavy atom. The first-order valence-corrected chi connectivity index (χ1v) is 2.87. The third-order valence-corrected chi connectivity index (χ3v) is 0.673. The molecule has 8 heavy (non-hydrogen) atoms. The summed E-state index contributed by atoms with van der Waals surface area (Å²) in [4.78, 5) is 3.75. The highest BCUT2D eigenvalue weighted by Gasteiger charge is 1.88. The molecule has 0 amide bonds. The van der Waals surface area contributed by atoms with Crippen molar-refractivity contribution < 1.29 is 0 Å². The van der Waals surface area contributed by atoms with E-state index in [-0.39, 0.29) is 0 Å². The van der Waals surface area contributed by atoms with Gasteiger partial charge >= 0.3 is 0 Å². The van der Waals surface area contributed by atoms with E-state index in [4.69, 9.17) is 5.73 Å². The molecule has 0 aromatic rings. The van der Waals surface area contributed by atoms with E-state index in [2.05, 4.69) is 4.99 Å². The number of nitrogens with zero attached hydrogens (tertiary/aromatic N) is 1. The Morgan fingerprint density at radius 1 is 1.62 bits per heavy atom. The quantitative estimate of drug-likeness (QED) is 0.503. The third-order valence-electron chi connectivity index (χ3n) is 0.673. The summed E-state index contributed by atoms with van der Waals surface area (Å²) >= 11 is 0. The highest BCUT2D eigenvalue weighted by atomic mass is 14.8. The number of hydrogen-bond acceptors (Lipinski definition) is 2. The molecular weight excluding hydrogens is 100 g/mol. The Labute approximate surface area is 50.1 Å². The van der Waals surface area contributed by atoms with Crippen molar-refractivity contribution in [1.82, 2.24) is 0 Å². The van der Waals surface area contributed by atoms with Crippen molar-refractivity contribution in [2.24, 2.45) is 10.7 Å². The SMILES string of the molecule is CC.NC1=NC=CC1. The average Bonchev–Trinajstić information content (AvgIpc) is 2.24. The summed E-state index contributed by atoms with van der Waals surface area (Å²) in [6, 6.07) is 0. The molecule has 1 aliphatic rings. The number of rotatable bonds is 0. The molecule has 0 spiro atoms. The summed E-state index contributed by atoms with van der Waals surface area (Å²) in [7, 11) is 0. The van der Waals surface area contributed by atoms with Crippen molar-refractivity contribution in [2.45, 2.75) is 20.3 Å². The van der Waals surface area contributed by atoms with Gasteiger partial charge in [-0.05, 0) is 0 Å². The number of amidine groups is 1. The molecule has 0 saturated heterocycles. The molecule has 1 heterocycles. The van der Waals surface area contributed by atoms with Crippen molar-refractivity contribution >= 4 is 5.84 Å². The van der Waals surface area contributed by atoms with Gasteiger partial charge in [0.15, 0.2) is 0 Å². The second-order valence-corrected chi connectivity index (χ2v) is 1.21. The summed E-state index contributed by atoms with van der Waals surface area (Å²) in [5.41, 5.74) is 5.22. The van der Waals surface area contributed by atoms with Gasteiger partial charge in [-0.1, -0.05) is 19.9 Å². The molecule has 0 aromatic carbocycles. The van der Waals surface area contributed by atoms with Gasteiger partial charge in [-0.15, -0.1) is 0 Å². The zero-order valence-electron chi connectivity index (χ0n) is 5.39. The van der Waals surface area contributed by atoms with Crippen molar-refractivity contribution in [3.63, 3.8) is 0 Å². The molecule has 0 aromatic heterocycles. The fourth-order valence-electron chi connectivity index (χ4n) is 0.375. The van der Waals surface area contributed by atoms with E-state index in [1.165, 1.54) is 0 Å². The highest BCUT2D eigenvalue weighted by Crippen LogP contribution is 1.92. The van der Waals surface area contributed by atoms with E-state index in [9.17, 15) is 0 Å². The van der Waals surface area contributed by atoms with E-state index in [1.807, 2.05) is 19.9 Å². The van der Waals surface area contributed by atoms with Crippen LogP contribution in [-0.2, 0) is 0 Å². The molecule has 46 valence electrons. The molecular formula is C6H12N2. The van der Waals surface area contributed by atoms with Crippen LogP contribution in [0.4, 0.5) is 0 Å². The van der Waals surface area contributed by atoms with Gasteiger partial charge in [-0.3, -0.25) is 0 Å². The van der Waals surface area contributed by atoms with Gasteiger partial charge < -0.3 is 5.73 Å². The largest absolute Gasteiger partial charge is 0.387 e. The van der Waals surface area contributed by atoms with Gasteiger partial charge in [0, 0.05) is 12.6 Å². The van der Waals surface area contributed by atoms with Crippen molar-refractivity contribution in [3.05, 3.63) is 12.3 Å². The highest BCUT2D eigenvalue weighted by molar-refractivity contribution is 5.83. The fourth-order valence-corrected chi connectivity index (χ4v) is 0.375. The first-order chi connectivity index (χ1) is 3.89. The molecule has 2 nitrogen and oxygen atoms in total. The molecule has 0 saturated carbocycles. The van der Waals surface area contributed by atoms with Gasteiger partial charge in [0.2, 0.25) is 0 Å². The summed E-state index contributed by atoms with van der Waals surface area (Å²) in [6.07, 6.45) is 4.48. The molecule has 1 rings (SSSR count). The molecule has 0 bridgehead atoms. The van der Waals surface area contributed by atoms with Crippen molar-refractivity contribution in [1.29, 1.82) is 0 Å². The Kier molecular flexibility index (Phi) is 3.94. The summed E-state index contributed by atoms with van der Waals surface area (Å²) in [5.74, 6) is 0.718. The van der Waals surface area contributed by atoms with Crippen LogP contribution in [0.25, 0.3) is 0 Å². The molecule has 2 N–H and O–H groups in total. The van der Waals surface area contributed by atoms with E-state index < -0.39 is 0 Å². The lowest BCUT2D eigenvalue weighted by Crippen LogP contribution is -2.05. The monoisotopic (exact) mass is 112 g/mol. The Bertz CT molecular complexity index is 103. The van der Waals surface area contributed by atoms with Gasteiger partial charge in [0.25, 0.3) is 0 Å². The van der Waals surface area contributed by atoms with Crippen LogP contribution in [0.1, 0.15) is 20.3 Å². The summed E-state index contributed by atoms with van der Waals surface area (Å²) < 4.78 is 0. The number of aliphatic imine (C=N–C) groups is 1. The van der Waals surface area contributed by atoms with E-state index in [0.717, 1.165) is 12.3 Å². The second-order valence-electron chi connectivity index (χ2n) is 1.21. The maximum atomic E-state index is 5.22. The Hall–Kier alpha value is -0.790. The van der Waals surface area contributed by atoms with Crippen LogP contribution in [0.2, 0.25) is 0 Å². The first-order valence-electron chi connectivity index (χ1n) is 2.87. The molecule has 1 aliphatic heterocycles. The smallest absolute Gasteiger partial charge is 0.103 e. The number of hydrogen-bond donors (Lipinski definition) is 1. The first kappa shape index (κ1) is 7.21.